The van der Waals surface area contributed by atoms with E-state index in [1.54, 1.807) is 6.08 Å². The van der Waals surface area contributed by atoms with Crippen LogP contribution in [0.4, 0.5) is 5.82 Å². The van der Waals surface area contributed by atoms with Gasteiger partial charge in [-0.05, 0) is 56.9 Å². The number of carbonyl (C=O) groups is 1. The van der Waals surface area contributed by atoms with Crippen molar-refractivity contribution in [3.05, 3.63) is 73.1 Å². The standard InChI is InChI=1S/C27H29N7O2/c1-32(2)15-6-9-23(35)33-16-14-20(17-33)34-27-24(26(28)29-18-30-27)25(31-34)19-10-12-22(13-11-19)36-21-7-4-3-5-8-21/h3-13,18,20H,14-17H2,1-2H3,(H2,28,29,30). The second-order valence-electron chi connectivity index (χ2n) is 9.08. The third-order valence-corrected chi connectivity index (χ3v) is 6.18. The number of likely N-dealkylation sites (N-methyl/N-ethyl adjacent to an activating group) is 1. The zero-order valence-corrected chi connectivity index (χ0v) is 20.4. The minimum atomic E-state index is 0.00226. The van der Waals surface area contributed by atoms with Crippen molar-refractivity contribution < 1.29 is 9.53 Å². The lowest BCUT2D eigenvalue weighted by molar-refractivity contribution is -0.125. The average Bonchev–Trinajstić information content (AvgIpc) is 3.51. The van der Waals surface area contributed by atoms with Gasteiger partial charge >= 0.3 is 0 Å². The molecule has 36 heavy (non-hydrogen) atoms. The van der Waals surface area contributed by atoms with Gasteiger partial charge in [0.25, 0.3) is 0 Å². The predicted molar refractivity (Wildman–Crippen MR) is 140 cm³/mol. The Morgan fingerprint density at radius 1 is 1.11 bits per heavy atom. The van der Waals surface area contributed by atoms with Crippen molar-refractivity contribution in [1.29, 1.82) is 0 Å². The molecule has 184 valence electrons. The number of nitrogens with zero attached hydrogens (tertiary/aromatic N) is 6. The first kappa shape index (κ1) is 23.5. The lowest BCUT2D eigenvalue weighted by Gasteiger charge is -2.15. The van der Waals surface area contributed by atoms with Gasteiger partial charge in [0.15, 0.2) is 5.65 Å². The van der Waals surface area contributed by atoms with Crippen molar-refractivity contribution in [1.82, 2.24) is 29.5 Å². The molecule has 0 aliphatic carbocycles. The van der Waals surface area contributed by atoms with Crippen LogP contribution in [0.15, 0.2) is 73.1 Å². The fourth-order valence-electron chi connectivity index (χ4n) is 4.37. The van der Waals surface area contributed by atoms with Gasteiger partial charge < -0.3 is 20.3 Å². The van der Waals surface area contributed by atoms with Crippen LogP contribution in [-0.2, 0) is 4.79 Å². The van der Waals surface area contributed by atoms with E-state index in [2.05, 4.69) is 9.97 Å². The maximum Gasteiger partial charge on any atom is 0.246 e. The molecule has 2 aromatic carbocycles. The van der Waals surface area contributed by atoms with E-state index >= 15 is 0 Å². The molecular formula is C27H29N7O2. The first-order valence-electron chi connectivity index (χ1n) is 11.9. The fraction of sp³-hybridized carbons (Fsp3) is 0.259. The van der Waals surface area contributed by atoms with Crippen LogP contribution in [0.2, 0.25) is 0 Å². The SMILES string of the molecule is CN(C)CC=CC(=O)N1CCC(n2nc(-c3ccc(Oc4ccccc4)cc3)c3c(N)ncnc32)C1. The molecule has 2 aromatic heterocycles. The fourth-order valence-corrected chi connectivity index (χ4v) is 4.37. The second kappa shape index (κ2) is 10.2. The van der Waals surface area contributed by atoms with Crippen LogP contribution in [0, 0.1) is 0 Å². The number of carbonyl (C=O) groups excluding carboxylic acids is 1. The lowest BCUT2D eigenvalue weighted by atomic mass is 10.1. The van der Waals surface area contributed by atoms with E-state index in [-0.39, 0.29) is 11.9 Å². The molecule has 3 heterocycles. The van der Waals surface area contributed by atoms with E-state index in [1.165, 1.54) is 6.33 Å². The molecule has 0 radical (unpaired) electrons. The van der Waals surface area contributed by atoms with Gasteiger partial charge in [-0.2, -0.15) is 5.10 Å². The Labute approximate surface area is 209 Å². The van der Waals surface area contributed by atoms with Crippen molar-refractivity contribution in [3.63, 3.8) is 0 Å². The molecule has 5 rings (SSSR count). The van der Waals surface area contributed by atoms with Gasteiger partial charge in [0.2, 0.25) is 5.91 Å². The minimum Gasteiger partial charge on any atom is -0.457 e. The topological polar surface area (TPSA) is 102 Å². The molecule has 1 saturated heterocycles. The molecule has 0 saturated carbocycles. The van der Waals surface area contributed by atoms with Crippen LogP contribution in [-0.4, -0.2) is 69.2 Å². The van der Waals surface area contributed by atoms with Crippen molar-refractivity contribution >= 4 is 22.8 Å². The molecule has 4 aromatic rings. The van der Waals surface area contributed by atoms with E-state index < -0.39 is 0 Å². The molecule has 1 aliphatic rings. The highest BCUT2D eigenvalue weighted by molar-refractivity contribution is 5.98. The van der Waals surface area contributed by atoms with Gasteiger partial charge in [0.05, 0.1) is 11.4 Å². The molecule has 1 fully saturated rings. The molecule has 2 N–H and O–H groups in total. The zero-order valence-electron chi connectivity index (χ0n) is 20.4. The highest BCUT2D eigenvalue weighted by Gasteiger charge is 2.30. The van der Waals surface area contributed by atoms with Crippen LogP contribution < -0.4 is 10.5 Å². The third kappa shape index (κ3) is 4.92. The molecular weight excluding hydrogens is 454 g/mol. The zero-order chi connectivity index (χ0) is 25.1. The number of fused-ring (bicyclic) bond motifs is 1. The predicted octanol–water partition coefficient (Wildman–Crippen LogP) is 3.76. The maximum absolute atomic E-state index is 12.6. The second-order valence-corrected chi connectivity index (χ2v) is 9.08. The Morgan fingerprint density at radius 3 is 2.61 bits per heavy atom. The number of nitrogens with two attached hydrogens (primary N) is 1. The molecule has 0 spiro atoms. The molecule has 9 nitrogen and oxygen atoms in total. The summed E-state index contributed by atoms with van der Waals surface area (Å²) >= 11 is 0. The highest BCUT2D eigenvalue weighted by atomic mass is 16.5. The van der Waals surface area contributed by atoms with E-state index in [1.807, 2.05) is 89.3 Å². The van der Waals surface area contributed by atoms with Gasteiger partial charge in [-0.15, -0.1) is 0 Å². The summed E-state index contributed by atoms with van der Waals surface area (Å²) in [5, 5.41) is 5.64. The quantitative estimate of drug-likeness (QED) is 0.399. The van der Waals surface area contributed by atoms with Crippen molar-refractivity contribution in [2.24, 2.45) is 0 Å². The largest absolute Gasteiger partial charge is 0.457 e. The van der Waals surface area contributed by atoms with Gasteiger partial charge in [0.1, 0.15) is 29.3 Å². The summed E-state index contributed by atoms with van der Waals surface area (Å²) in [6.07, 6.45) is 5.78. The van der Waals surface area contributed by atoms with Crippen molar-refractivity contribution in [3.8, 4) is 22.8 Å². The summed E-state index contributed by atoms with van der Waals surface area (Å²) in [4.78, 5) is 25.2. The summed E-state index contributed by atoms with van der Waals surface area (Å²) in [6.45, 7) is 1.95. The van der Waals surface area contributed by atoms with Crippen LogP contribution >= 0.6 is 0 Å². The Bertz CT molecular complexity index is 1380. The molecule has 1 amide bonds. The number of rotatable bonds is 7. The number of benzene rings is 2. The van der Waals surface area contributed by atoms with Gasteiger partial charge in [-0.1, -0.05) is 24.3 Å². The summed E-state index contributed by atoms with van der Waals surface area (Å²) in [6, 6.07) is 17.4. The Hall–Kier alpha value is -4.24. The summed E-state index contributed by atoms with van der Waals surface area (Å²) in [5.74, 6) is 1.89. The number of aromatic nitrogens is 4. The first-order valence-corrected chi connectivity index (χ1v) is 11.9. The summed E-state index contributed by atoms with van der Waals surface area (Å²) in [5.41, 5.74) is 8.56. The van der Waals surface area contributed by atoms with Crippen LogP contribution in [0.25, 0.3) is 22.3 Å². The van der Waals surface area contributed by atoms with E-state index in [4.69, 9.17) is 15.6 Å². The molecule has 1 unspecified atom stereocenters. The summed E-state index contributed by atoms with van der Waals surface area (Å²) < 4.78 is 7.82. The van der Waals surface area contributed by atoms with Gasteiger partial charge in [-0.25, -0.2) is 14.6 Å². The monoisotopic (exact) mass is 483 g/mol. The van der Waals surface area contributed by atoms with Crippen molar-refractivity contribution in [2.75, 3.05) is 39.5 Å². The van der Waals surface area contributed by atoms with Crippen molar-refractivity contribution in [2.45, 2.75) is 12.5 Å². The highest BCUT2D eigenvalue weighted by Crippen LogP contribution is 2.35. The van der Waals surface area contributed by atoms with Gasteiger partial charge in [0, 0.05) is 31.3 Å². The van der Waals surface area contributed by atoms with E-state index in [0.717, 1.165) is 30.0 Å². The maximum atomic E-state index is 12.6. The molecule has 0 bridgehead atoms. The number of anilines is 1. The van der Waals surface area contributed by atoms with Crippen LogP contribution in [0.3, 0.4) is 0 Å². The molecule has 1 aliphatic heterocycles. The number of hydrogen-bond donors (Lipinski definition) is 1. The Morgan fingerprint density at radius 2 is 1.86 bits per heavy atom. The van der Waals surface area contributed by atoms with E-state index in [9.17, 15) is 4.79 Å². The third-order valence-electron chi connectivity index (χ3n) is 6.18. The van der Waals surface area contributed by atoms with Crippen LogP contribution in [0.1, 0.15) is 12.5 Å². The number of para-hydroxylation sites is 1. The number of hydrogen-bond acceptors (Lipinski definition) is 7. The summed E-state index contributed by atoms with van der Waals surface area (Å²) in [7, 11) is 3.94. The lowest BCUT2D eigenvalue weighted by Crippen LogP contribution is -2.28. The minimum absolute atomic E-state index is 0.00226. The van der Waals surface area contributed by atoms with Crippen LogP contribution in [0.5, 0.6) is 11.5 Å². The Kier molecular flexibility index (Phi) is 6.64. The number of likely N-dealkylation sites (tertiary alicyclic amines) is 1. The normalized spacial score (nSPS) is 15.9. The Balaban J connectivity index is 1.40. The number of ether oxygens (including phenoxy) is 1. The average molecular weight is 484 g/mol. The molecule has 1 atom stereocenters. The van der Waals surface area contributed by atoms with Gasteiger partial charge in [-0.3, -0.25) is 4.79 Å². The number of amides is 1. The first-order chi connectivity index (χ1) is 17.5. The smallest absolute Gasteiger partial charge is 0.246 e. The number of nitrogen functional groups attached to an aromatic ring is 1. The van der Waals surface area contributed by atoms with E-state index in [0.29, 0.717) is 35.6 Å². The molecule has 9 heteroatoms.